The minimum Gasteiger partial charge on any atom is -0.311 e. The van der Waals surface area contributed by atoms with Crippen molar-refractivity contribution in [2.45, 2.75) is 31.7 Å². The smallest absolute Gasteiger partial charge is 0.226 e. The van der Waals surface area contributed by atoms with Gasteiger partial charge in [0.15, 0.2) is 9.84 Å². The third-order valence-corrected chi connectivity index (χ3v) is 7.33. The number of hydrogen-bond acceptors (Lipinski definition) is 4. The van der Waals surface area contributed by atoms with E-state index >= 15 is 0 Å². The highest BCUT2D eigenvalue weighted by Gasteiger charge is 2.37. The van der Waals surface area contributed by atoms with Crippen LogP contribution in [0.4, 0.5) is 5.82 Å². The van der Waals surface area contributed by atoms with Crippen molar-refractivity contribution in [2.24, 2.45) is 0 Å². The van der Waals surface area contributed by atoms with E-state index in [4.69, 9.17) is 23.2 Å². The Labute approximate surface area is 161 Å². The van der Waals surface area contributed by atoms with Crippen LogP contribution in [-0.4, -0.2) is 35.6 Å². The molecular weight excluding hydrogens is 397 g/mol. The minimum atomic E-state index is -3.06. The van der Waals surface area contributed by atoms with Crippen LogP contribution in [0, 0.1) is 6.92 Å². The third kappa shape index (κ3) is 3.02. The first-order valence-electron chi connectivity index (χ1n) is 8.29. The Hall–Kier alpha value is -1.57. The van der Waals surface area contributed by atoms with Gasteiger partial charge in [-0.1, -0.05) is 29.3 Å². The summed E-state index contributed by atoms with van der Waals surface area (Å²) in [6.07, 6.45) is 0.752. The van der Waals surface area contributed by atoms with E-state index < -0.39 is 9.84 Å². The number of anilines is 1. The Morgan fingerprint density at radius 2 is 2.08 bits per heavy atom. The van der Waals surface area contributed by atoms with Gasteiger partial charge < -0.3 is 5.32 Å². The molecule has 0 spiro atoms. The van der Waals surface area contributed by atoms with Crippen LogP contribution in [0.25, 0.3) is 0 Å². The first kappa shape index (κ1) is 17.8. The number of halogens is 2. The summed E-state index contributed by atoms with van der Waals surface area (Å²) >= 11 is 12.4. The average molecular weight is 414 g/mol. The number of aryl methyl sites for hydroxylation is 1. The predicted octanol–water partition coefficient (Wildman–Crippen LogP) is 3.33. The topological polar surface area (TPSA) is 81.1 Å². The van der Waals surface area contributed by atoms with Gasteiger partial charge in [0.25, 0.3) is 0 Å². The number of fused-ring (bicyclic) bond motifs is 1. The van der Waals surface area contributed by atoms with E-state index in [0.717, 1.165) is 16.8 Å². The number of nitrogens with zero attached hydrogens (tertiary/aromatic N) is 2. The maximum absolute atomic E-state index is 12.4. The molecule has 0 aliphatic carbocycles. The van der Waals surface area contributed by atoms with Crippen LogP contribution >= 0.6 is 23.2 Å². The number of sulfone groups is 1. The van der Waals surface area contributed by atoms with E-state index in [9.17, 15) is 13.2 Å². The van der Waals surface area contributed by atoms with Gasteiger partial charge in [-0.3, -0.25) is 4.79 Å². The monoisotopic (exact) mass is 413 g/mol. The molecule has 1 amide bonds. The lowest BCUT2D eigenvalue weighted by Crippen LogP contribution is -2.26. The molecule has 3 heterocycles. The van der Waals surface area contributed by atoms with Crippen molar-refractivity contribution >= 4 is 44.8 Å². The predicted molar refractivity (Wildman–Crippen MR) is 101 cm³/mol. The van der Waals surface area contributed by atoms with Gasteiger partial charge >= 0.3 is 0 Å². The molecule has 6 nitrogen and oxygen atoms in total. The summed E-state index contributed by atoms with van der Waals surface area (Å²) in [5.74, 6) is 0.386. The van der Waals surface area contributed by atoms with E-state index in [-0.39, 0.29) is 35.8 Å². The van der Waals surface area contributed by atoms with Crippen LogP contribution in [0.3, 0.4) is 0 Å². The maximum atomic E-state index is 12.4. The maximum Gasteiger partial charge on any atom is 0.226 e. The molecule has 0 unspecified atom stereocenters. The summed E-state index contributed by atoms with van der Waals surface area (Å²) in [4.78, 5) is 12.4. The lowest BCUT2D eigenvalue weighted by molar-refractivity contribution is -0.116. The SMILES string of the molecule is Cc1nn([C@@H]2CCS(=O)(=O)C2)c2c1[C@@H](c1ccc(Cl)cc1Cl)CC(=O)N2. The second kappa shape index (κ2) is 6.25. The van der Waals surface area contributed by atoms with Crippen molar-refractivity contribution in [3.8, 4) is 0 Å². The molecule has 1 fully saturated rings. The van der Waals surface area contributed by atoms with Crippen LogP contribution in [0.1, 0.15) is 41.6 Å². The van der Waals surface area contributed by atoms with Crippen molar-refractivity contribution in [1.82, 2.24) is 9.78 Å². The van der Waals surface area contributed by atoms with E-state index in [1.807, 2.05) is 13.0 Å². The molecule has 0 saturated carbocycles. The Kier molecular flexibility index (Phi) is 4.28. The first-order chi connectivity index (χ1) is 12.2. The van der Waals surface area contributed by atoms with E-state index in [1.54, 1.807) is 16.8 Å². The molecular formula is C17H17Cl2N3O3S. The van der Waals surface area contributed by atoms with Gasteiger partial charge in [-0.05, 0) is 31.0 Å². The molecule has 1 N–H and O–H groups in total. The number of rotatable bonds is 2. The highest BCUT2D eigenvalue weighted by molar-refractivity contribution is 7.91. The van der Waals surface area contributed by atoms with Crippen molar-refractivity contribution < 1.29 is 13.2 Å². The second-order valence-corrected chi connectivity index (χ2v) is 9.89. The Morgan fingerprint density at radius 1 is 1.31 bits per heavy atom. The fourth-order valence-corrected chi connectivity index (χ4v) is 6.09. The molecule has 26 heavy (non-hydrogen) atoms. The summed E-state index contributed by atoms with van der Waals surface area (Å²) < 4.78 is 25.4. The Balaban J connectivity index is 1.82. The number of carbonyl (C=O) groups is 1. The Morgan fingerprint density at radius 3 is 2.73 bits per heavy atom. The largest absolute Gasteiger partial charge is 0.311 e. The van der Waals surface area contributed by atoms with E-state index in [1.165, 1.54) is 0 Å². The number of amides is 1. The molecule has 1 aromatic heterocycles. The van der Waals surface area contributed by atoms with Crippen molar-refractivity contribution in [1.29, 1.82) is 0 Å². The van der Waals surface area contributed by atoms with Gasteiger partial charge in [-0.25, -0.2) is 13.1 Å². The van der Waals surface area contributed by atoms with Gasteiger partial charge in [-0.2, -0.15) is 5.10 Å². The molecule has 2 aliphatic heterocycles. The summed E-state index contributed by atoms with van der Waals surface area (Å²) in [5.41, 5.74) is 2.47. The number of hydrogen-bond donors (Lipinski definition) is 1. The van der Waals surface area contributed by atoms with Crippen LogP contribution in [0.2, 0.25) is 10.0 Å². The summed E-state index contributed by atoms with van der Waals surface area (Å²) in [5, 5.41) is 8.48. The summed E-state index contributed by atoms with van der Waals surface area (Å²) in [6.45, 7) is 1.87. The molecule has 1 aromatic carbocycles. The number of benzene rings is 1. The molecule has 0 bridgehead atoms. The molecule has 1 saturated heterocycles. The Bertz CT molecular complexity index is 1020. The van der Waals surface area contributed by atoms with Crippen LogP contribution < -0.4 is 5.32 Å². The number of nitrogens with one attached hydrogen (secondary N) is 1. The van der Waals surface area contributed by atoms with Crippen LogP contribution in [0.5, 0.6) is 0 Å². The van der Waals surface area contributed by atoms with E-state index in [0.29, 0.717) is 22.3 Å². The van der Waals surface area contributed by atoms with Crippen molar-refractivity contribution in [3.05, 3.63) is 45.1 Å². The lowest BCUT2D eigenvalue weighted by atomic mass is 9.85. The number of aromatic nitrogens is 2. The van der Waals surface area contributed by atoms with Gasteiger partial charge in [0.1, 0.15) is 5.82 Å². The second-order valence-electron chi connectivity index (χ2n) is 6.82. The van der Waals surface area contributed by atoms with Crippen molar-refractivity contribution in [3.63, 3.8) is 0 Å². The van der Waals surface area contributed by atoms with Crippen LogP contribution in [-0.2, 0) is 14.6 Å². The normalized spacial score (nSPS) is 24.3. The molecule has 2 aromatic rings. The van der Waals surface area contributed by atoms with Crippen molar-refractivity contribution in [2.75, 3.05) is 16.8 Å². The van der Waals surface area contributed by atoms with Crippen LogP contribution in [0.15, 0.2) is 18.2 Å². The first-order valence-corrected chi connectivity index (χ1v) is 10.9. The van der Waals surface area contributed by atoms with Gasteiger partial charge in [0, 0.05) is 27.9 Å². The zero-order valence-electron chi connectivity index (χ0n) is 14.0. The zero-order chi connectivity index (χ0) is 18.6. The molecule has 0 radical (unpaired) electrons. The van der Waals surface area contributed by atoms with E-state index in [2.05, 4.69) is 10.4 Å². The lowest BCUT2D eigenvalue weighted by Gasteiger charge is -2.26. The highest BCUT2D eigenvalue weighted by Crippen LogP contribution is 2.43. The minimum absolute atomic E-state index is 0.0444. The van der Waals surface area contributed by atoms with Gasteiger partial charge in [-0.15, -0.1) is 0 Å². The average Bonchev–Trinajstić information content (AvgIpc) is 3.06. The highest BCUT2D eigenvalue weighted by atomic mass is 35.5. The quantitative estimate of drug-likeness (QED) is 0.818. The molecule has 4 rings (SSSR count). The van der Waals surface area contributed by atoms with Gasteiger partial charge in [0.2, 0.25) is 5.91 Å². The standard InChI is InChI=1S/C17H17Cl2N3O3S/c1-9-16-13(12-3-2-10(18)6-14(12)19)7-15(23)20-17(16)22(21-9)11-4-5-26(24,25)8-11/h2-3,6,11,13H,4-5,7-8H2,1H3,(H,20,23)/t11-,13-/m1/s1. The number of carbonyl (C=O) groups excluding carboxylic acids is 1. The fourth-order valence-electron chi connectivity index (χ4n) is 3.85. The molecule has 138 valence electrons. The molecule has 2 atom stereocenters. The molecule has 9 heteroatoms. The summed E-state index contributed by atoms with van der Waals surface area (Å²) in [6, 6.07) is 4.97. The zero-order valence-corrected chi connectivity index (χ0v) is 16.3. The summed E-state index contributed by atoms with van der Waals surface area (Å²) in [7, 11) is -3.06. The molecule has 2 aliphatic rings. The van der Waals surface area contributed by atoms with Gasteiger partial charge in [0.05, 0.1) is 23.2 Å². The third-order valence-electron chi connectivity index (χ3n) is 5.02. The fraction of sp³-hybridized carbons (Fsp3) is 0.412.